The van der Waals surface area contributed by atoms with Gasteiger partial charge in [0.25, 0.3) is 5.56 Å². The van der Waals surface area contributed by atoms with Crippen LogP contribution in [-0.4, -0.2) is 52.1 Å². The molecular formula is C13H22N3O6PS. The van der Waals surface area contributed by atoms with Gasteiger partial charge >= 0.3 is 5.69 Å². The number of nitrogens with two attached hydrogens (primary N) is 1. The molecule has 1 aromatic rings. The molecule has 1 aromatic heterocycles. The van der Waals surface area contributed by atoms with Crippen LogP contribution in [0.5, 0.6) is 0 Å². The lowest BCUT2D eigenvalue weighted by Crippen LogP contribution is -2.40. The van der Waals surface area contributed by atoms with E-state index in [0.29, 0.717) is 0 Å². The van der Waals surface area contributed by atoms with Crippen LogP contribution in [0.4, 0.5) is 0 Å². The molecule has 3 unspecified atom stereocenters. The maximum absolute atomic E-state index is 12.0. The third-order valence-electron chi connectivity index (χ3n) is 3.84. The Bertz CT molecular complexity index is 735. The molecule has 0 aliphatic carbocycles. The summed E-state index contributed by atoms with van der Waals surface area (Å²) in [5, 5.41) is 0. The molecular weight excluding hydrogens is 357 g/mol. The quantitative estimate of drug-likeness (QED) is 0.565. The van der Waals surface area contributed by atoms with Crippen molar-refractivity contribution >= 4 is 18.3 Å². The molecule has 4 N–H and O–H groups in total. The highest BCUT2D eigenvalue weighted by Gasteiger charge is 2.48. The Hall–Kier alpha value is -0.870. The molecule has 5 atom stereocenters. The van der Waals surface area contributed by atoms with E-state index in [2.05, 4.69) is 4.98 Å². The highest BCUT2D eigenvalue weighted by molar-refractivity contribution is 8.09. The zero-order chi connectivity index (χ0) is 18.1. The summed E-state index contributed by atoms with van der Waals surface area (Å²) in [5.41, 5.74) is 4.32. The second-order valence-electron chi connectivity index (χ2n) is 5.75. The van der Waals surface area contributed by atoms with E-state index < -0.39 is 42.3 Å². The summed E-state index contributed by atoms with van der Waals surface area (Å²) in [6.07, 6.45) is -1.63. The molecule has 11 heteroatoms. The molecule has 2 heterocycles. The van der Waals surface area contributed by atoms with Crippen LogP contribution in [0.1, 0.15) is 20.1 Å². The Morgan fingerprint density at radius 1 is 1.50 bits per heavy atom. The van der Waals surface area contributed by atoms with Gasteiger partial charge in [0.2, 0.25) is 0 Å². The van der Waals surface area contributed by atoms with E-state index in [1.165, 1.54) is 23.9 Å². The van der Waals surface area contributed by atoms with Crippen LogP contribution in [0.25, 0.3) is 0 Å². The van der Waals surface area contributed by atoms with Crippen molar-refractivity contribution in [3.63, 3.8) is 0 Å². The zero-order valence-corrected chi connectivity index (χ0v) is 15.3. The van der Waals surface area contributed by atoms with E-state index >= 15 is 0 Å². The SMILES string of the molecule is COC1C(OP(O)(=S)C(C)C)[C@@H](CN)O[C@H]1n1ccc(=O)[nH]c1=O. The number of ether oxygens (including phenoxy) is 2. The molecule has 0 amide bonds. The number of hydrogen-bond donors (Lipinski definition) is 3. The molecule has 0 radical (unpaired) electrons. The summed E-state index contributed by atoms with van der Waals surface area (Å²) in [6, 6.07) is 1.20. The van der Waals surface area contributed by atoms with Gasteiger partial charge in [-0.3, -0.25) is 14.3 Å². The molecule has 136 valence electrons. The minimum absolute atomic E-state index is 0.0898. The van der Waals surface area contributed by atoms with Crippen molar-refractivity contribution < 1.29 is 18.9 Å². The lowest BCUT2D eigenvalue weighted by atomic mass is 10.1. The summed E-state index contributed by atoms with van der Waals surface area (Å²) < 4.78 is 18.2. The van der Waals surface area contributed by atoms with Crippen LogP contribution in [-0.2, 0) is 25.8 Å². The molecule has 0 saturated carbocycles. The molecule has 0 spiro atoms. The van der Waals surface area contributed by atoms with Crippen molar-refractivity contribution in [3.8, 4) is 0 Å². The molecule has 1 fully saturated rings. The third-order valence-corrected chi connectivity index (χ3v) is 7.21. The van der Waals surface area contributed by atoms with Gasteiger partial charge in [0.1, 0.15) is 18.3 Å². The molecule has 0 bridgehead atoms. The summed E-state index contributed by atoms with van der Waals surface area (Å²) in [7, 11) is 1.43. The van der Waals surface area contributed by atoms with Crippen LogP contribution in [0.2, 0.25) is 0 Å². The van der Waals surface area contributed by atoms with Gasteiger partial charge in [-0.2, -0.15) is 0 Å². The second kappa shape index (κ2) is 7.57. The van der Waals surface area contributed by atoms with Gasteiger partial charge in [0.15, 0.2) is 12.7 Å². The maximum atomic E-state index is 12.0. The first-order chi connectivity index (χ1) is 11.2. The first kappa shape index (κ1) is 19.5. The largest absolute Gasteiger partial charge is 0.374 e. The van der Waals surface area contributed by atoms with Crippen LogP contribution >= 0.6 is 6.49 Å². The topological polar surface area (TPSA) is 129 Å². The van der Waals surface area contributed by atoms with E-state index in [0.717, 1.165) is 0 Å². The fourth-order valence-corrected chi connectivity index (χ4v) is 3.57. The van der Waals surface area contributed by atoms with Crippen molar-refractivity contribution in [2.45, 2.75) is 44.0 Å². The summed E-state index contributed by atoms with van der Waals surface area (Å²) in [6.45, 7) is 0.537. The van der Waals surface area contributed by atoms with Crippen LogP contribution in [0.3, 0.4) is 0 Å². The van der Waals surface area contributed by atoms with Crippen molar-refractivity contribution in [2.75, 3.05) is 13.7 Å². The first-order valence-corrected chi connectivity index (χ1v) is 10.2. The zero-order valence-electron chi connectivity index (χ0n) is 13.6. The molecule has 1 aliphatic heterocycles. The first-order valence-electron chi connectivity index (χ1n) is 7.42. The van der Waals surface area contributed by atoms with Crippen molar-refractivity contribution in [3.05, 3.63) is 33.1 Å². The normalized spacial score (nSPS) is 29.8. The van der Waals surface area contributed by atoms with Gasteiger partial charge < -0.3 is 24.6 Å². The van der Waals surface area contributed by atoms with E-state index in [9.17, 15) is 14.5 Å². The van der Waals surface area contributed by atoms with Crippen molar-refractivity contribution in [1.82, 2.24) is 9.55 Å². The monoisotopic (exact) mass is 379 g/mol. The third kappa shape index (κ3) is 3.85. The highest BCUT2D eigenvalue weighted by Crippen LogP contribution is 2.51. The molecule has 1 aliphatic rings. The fourth-order valence-electron chi connectivity index (χ4n) is 2.42. The molecule has 2 rings (SSSR count). The summed E-state index contributed by atoms with van der Waals surface area (Å²) in [4.78, 5) is 35.8. The molecule has 9 nitrogen and oxygen atoms in total. The predicted molar refractivity (Wildman–Crippen MR) is 91.6 cm³/mol. The molecule has 1 saturated heterocycles. The minimum Gasteiger partial charge on any atom is -0.374 e. The summed E-state index contributed by atoms with van der Waals surface area (Å²) in [5.74, 6) is 0. The van der Waals surface area contributed by atoms with Crippen LogP contribution < -0.4 is 17.0 Å². The Morgan fingerprint density at radius 3 is 2.67 bits per heavy atom. The van der Waals surface area contributed by atoms with Gasteiger partial charge in [-0.1, -0.05) is 13.8 Å². The van der Waals surface area contributed by atoms with Crippen molar-refractivity contribution in [2.24, 2.45) is 5.73 Å². The standard InChI is InChI=1S/C13H22N3O6PS/c1-7(2)23(19,24)22-10-8(6-14)21-12(11(10)20-3)16-5-4-9(17)15-13(16)18/h4-5,7-8,10-12H,6,14H2,1-3H3,(H,19,24)(H,15,17,18)/t8-,10?,11?,12-,23?/m1/s1. The van der Waals surface area contributed by atoms with E-state index in [-0.39, 0.29) is 12.2 Å². The minimum atomic E-state index is -3.08. The Kier molecular flexibility index (Phi) is 6.14. The van der Waals surface area contributed by atoms with Crippen molar-refractivity contribution in [1.29, 1.82) is 0 Å². The number of aromatic amines is 1. The Morgan fingerprint density at radius 2 is 2.17 bits per heavy atom. The number of methoxy groups -OCH3 is 1. The van der Waals surface area contributed by atoms with E-state index in [4.69, 9.17) is 31.5 Å². The second-order valence-corrected chi connectivity index (χ2v) is 9.69. The Labute approximate surface area is 143 Å². The van der Waals surface area contributed by atoms with Gasteiger partial charge in [0, 0.05) is 31.6 Å². The molecule has 24 heavy (non-hydrogen) atoms. The Balaban J connectivity index is 2.37. The van der Waals surface area contributed by atoms with Gasteiger partial charge in [-0.15, -0.1) is 0 Å². The fraction of sp³-hybridized carbons (Fsp3) is 0.692. The maximum Gasteiger partial charge on any atom is 0.330 e. The van der Waals surface area contributed by atoms with E-state index in [1.807, 2.05) is 0 Å². The lowest BCUT2D eigenvalue weighted by Gasteiger charge is -2.29. The molecule has 0 aromatic carbocycles. The van der Waals surface area contributed by atoms with Crippen LogP contribution in [0, 0.1) is 0 Å². The smallest absolute Gasteiger partial charge is 0.330 e. The van der Waals surface area contributed by atoms with Gasteiger partial charge in [-0.25, -0.2) is 4.79 Å². The number of nitrogens with one attached hydrogen (secondary N) is 1. The van der Waals surface area contributed by atoms with Gasteiger partial charge in [-0.05, 0) is 11.8 Å². The predicted octanol–water partition coefficient (Wildman–Crippen LogP) is -0.497. The highest BCUT2D eigenvalue weighted by atomic mass is 32.5. The number of aromatic nitrogens is 2. The number of hydrogen-bond acceptors (Lipinski definition) is 7. The number of nitrogens with zero attached hydrogens (tertiary/aromatic N) is 1. The number of rotatable bonds is 6. The number of H-pyrrole nitrogens is 1. The van der Waals surface area contributed by atoms with Crippen LogP contribution in [0.15, 0.2) is 21.9 Å². The van der Waals surface area contributed by atoms with Gasteiger partial charge in [0.05, 0.1) is 0 Å². The summed E-state index contributed by atoms with van der Waals surface area (Å²) >= 11 is 5.18. The lowest BCUT2D eigenvalue weighted by molar-refractivity contribution is -0.0519. The average Bonchev–Trinajstić information content (AvgIpc) is 2.83. The van der Waals surface area contributed by atoms with E-state index in [1.54, 1.807) is 13.8 Å². The average molecular weight is 379 g/mol.